The molecule has 2 nitrogen and oxygen atoms in total. The first-order valence-corrected chi connectivity index (χ1v) is 10.1. The second-order valence-corrected chi connectivity index (χ2v) is 7.78. The van der Waals surface area contributed by atoms with Crippen LogP contribution in [0.25, 0.3) is 5.57 Å². The Hall–Kier alpha value is -2.39. The maximum atomic E-state index is 2.34. The third-order valence-electron chi connectivity index (χ3n) is 4.85. The summed E-state index contributed by atoms with van der Waals surface area (Å²) in [6.07, 6.45) is 12.3. The molecule has 2 aliphatic heterocycles. The number of likely N-dealkylation sites (N-methyl/N-ethyl adjacent to an activating group) is 1. The van der Waals surface area contributed by atoms with Crippen LogP contribution >= 0.6 is 11.8 Å². The van der Waals surface area contributed by atoms with Gasteiger partial charge < -0.3 is 9.80 Å². The maximum Gasteiger partial charge on any atom is 0.0982 e. The van der Waals surface area contributed by atoms with Gasteiger partial charge in [0.15, 0.2) is 0 Å². The van der Waals surface area contributed by atoms with Gasteiger partial charge in [-0.15, -0.1) is 0 Å². The van der Waals surface area contributed by atoms with E-state index >= 15 is 0 Å². The fourth-order valence-corrected chi connectivity index (χ4v) is 4.70. The molecule has 2 aromatic carbocycles. The van der Waals surface area contributed by atoms with Gasteiger partial charge in [0.05, 0.1) is 11.1 Å². The topological polar surface area (TPSA) is 6.48 Å². The number of thioether (sulfide) groups is 1. The van der Waals surface area contributed by atoms with Gasteiger partial charge in [-0.1, -0.05) is 67.2 Å². The largest absolute Gasteiger partial charge is 0.358 e. The number of benzene rings is 2. The number of rotatable bonds is 4. The van der Waals surface area contributed by atoms with Crippen LogP contribution in [0.4, 0.5) is 11.4 Å². The number of allylic oxidation sites excluding steroid dienone is 4. The summed E-state index contributed by atoms with van der Waals surface area (Å²) in [5, 5.41) is 0.351. The van der Waals surface area contributed by atoms with E-state index in [1.807, 2.05) is 11.8 Å². The molecule has 2 aromatic rings. The highest BCUT2D eigenvalue weighted by Gasteiger charge is 2.24. The molecular weight excluding hydrogens is 336 g/mol. The summed E-state index contributed by atoms with van der Waals surface area (Å²) in [6.45, 7) is 3.27. The molecule has 0 amide bonds. The predicted molar refractivity (Wildman–Crippen MR) is 115 cm³/mol. The van der Waals surface area contributed by atoms with E-state index in [9.17, 15) is 0 Å². The van der Waals surface area contributed by atoms with Crippen LogP contribution in [-0.2, 0) is 0 Å². The van der Waals surface area contributed by atoms with Crippen molar-refractivity contribution >= 4 is 28.7 Å². The summed E-state index contributed by atoms with van der Waals surface area (Å²) >= 11 is 1.91. The molecule has 0 fully saturated rings. The Kier molecular flexibility index (Phi) is 4.89. The average Bonchev–Trinajstić information content (AvgIpc) is 3.00. The zero-order chi connectivity index (χ0) is 17.9. The van der Waals surface area contributed by atoms with Gasteiger partial charge in [0, 0.05) is 35.9 Å². The number of nitrogens with zero attached hydrogens (tertiary/aromatic N) is 2. The monoisotopic (exact) mass is 360 g/mol. The SMILES string of the molecule is CCCN1C=C/C(=C\C=CC2Sc3ccccc3N2C)c2ccccc21. The molecule has 0 N–H and O–H groups in total. The maximum absolute atomic E-state index is 2.34. The fraction of sp³-hybridized carbons (Fsp3) is 0.217. The normalized spacial score (nSPS) is 20.1. The summed E-state index contributed by atoms with van der Waals surface area (Å²) < 4.78 is 0. The minimum atomic E-state index is 0.351. The molecule has 1 atom stereocenters. The van der Waals surface area contributed by atoms with Crippen molar-refractivity contribution in [1.29, 1.82) is 0 Å². The lowest BCUT2D eigenvalue weighted by molar-refractivity contribution is 0.876. The minimum Gasteiger partial charge on any atom is -0.358 e. The number of hydrogen-bond acceptors (Lipinski definition) is 3. The summed E-state index contributed by atoms with van der Waals surface area (Å²) in [4.78, 5) is 6.03. The Balaban J connectivity index is 1.55. The van der Waals surface area contributed by atoms with Crippen LogP contribution in [0.3, 0.4) is 0 Å². The van der Waals surface area contributed by atoms with Gasteiger partial charge >= 0.3 is 0 Å². The van der Waals surface area contributed by atoms with Crippen molar-refractivity contribution < 1.29 is 0 Å². The van der Waals surface area contributed by atoms with Gasteiger partial charge in [0.2, 0.25) is 0 Å². The standard InChI is InChI=1S/C23H24N2S/c1-3-16-25-17-15-18(19-10-4-5-11-20(19)25)9-8-14-23-24(2)21-12-6-7-13-22(21)26-23/h4-15,17,23H,3,16H2,1-2H3/b14-8?,18-9+. The molecule has 4 rings (SSSR count). The van der Waals surface area contributed by atoms with Crippen LogP contribution in [-0.4, -0.2) is 19.0 Å². The van der Waals surface area contributed by atoms with E-state index in [4.69, 9.17) is 0 Å². The highest BCUT2D eigenvalue weighted by atomic mass is 32.2. The van der Waals surface area contributed by atoms with Crippen LogP contribution < -0.4 is 9.80 Å². The van der Waals surface area contributed by atoms with Crippen molar-refractivity contribution in [3.05, 3.63) is 84.6 Å². The molecule has 26 heavy (non-hydrogen) atoms. The Morgan fingerprint density at radius 1 is 1.04 bits per heavy atom. The van der Waals surface area contributed by atoms with Crippen LogP contribution in [0.5, 0.6) is 0 Å². The lowest BCUT2D eigenvalue weighted by Gasteiger charge is -2.27. The van der Waals surface area contributed by atoms with Crippen molar-refractivity contribution in [2.24, 2.45) is 0 Å². The Morgan fingerprint density at radius 3 is 2.62 bits per heavy atom. The first-order chi connectivity index (χ1) is 12.8. The van der Waals surface area contributed by atoms with Crippen LogP contribution in [0.2, 0.25) is 0 Å². The van der Waals surface area contributed by atoms with Crippen molar-refractivity contribution in [1.82, 2.24) is 0 Å². The molecular formula is C23H24N2S. The second kappa shape index (κ2) is 7.46. The average molecular weight is 361 g/mol. The number of hydrogen-bond donors (Lipinski definition) is 0. The molecule has 2 heterocycles. The highest BCUT2D eigenvalue weighted by molar-refractivity contribution is 8.00. The van der Waals surface area contributed by atoms with E-state index in [0.717, 1.165) is 13.0 Å². The van der Waals surface area contributed by atoms with Crippen molar-refractivity contribution in [3.8, 4) is 0 Å². The Labute approximate surface area is 160 Å². The Morgan fingerprint density at radius 2 is 1.81 bits per heavy atom. The molecule has 0 aromatic heterocycles. The van der Waals surface area contributed by atoms with Crippen molar-refractivity contribution in [2.45, 2.75) is 23.6 Å². The fourth-order valence-electron chi connectivity index (χ4n) is 3.51. The van der Waals surface area contributed by atoms with Gasteiger partial charge in [-0.3, -0.25) is 0 Å². The predicted octanol–water partition coefficient (Wildman–Crippen LogP) is 5.94. The van der Waals surface area contributed by atoms with E-state index in [1.165, 1.54) is 27.4 Å². The molecule has 0 radical (unpaired) electrons. The van der Waals surface area contributed by atoms with Crippen LogP contribution in [0.15, 0.2) is 83.9 Å². The zero-order valence-corrected chi connectivity index (χ0v) is 16.1. The second-order valence-electron chi connectivity index (χ2n) is 6.62. The molecule has 0 saturated heterocycles. The first kappa shape index (κ1) is 17.0. The summed E-state index contributed by atoms with van der Waals surface area (Å²) in [6, 6.07) is 17.3. The van der Waals surface area contributed by atoms with Crippen molar-refractivity contribution in [3.63, 3.8) is 0 Å². The molecule has 2 aliphatic rings. The van der Waals surface area contributed by atoms with E-state index in [1.54, 1.807) is 0 Å². The number of para-hydroxylation sites is 2. The third kappa shape index (κ3) is 3.19. The van der Waals surface area contributed by atoms with E-state index in [0.29, 0.717) is 5.37 Å². The van der Waals surface area contributed by atoms with Gasteiger partial charge in [0.25, 0.3) is 0 Å². The van der Waals surface area contributed by atoms with E-state index in [-0.39, 0.29) is 0 Å². The van der Waals surface area contributed by atoms with Gasteiger partial charge in [0.1, 0.15) is 0 Å². The minimum absolute atomic E-state index is 0.351. The van der Waals surface area contributed by atoms with E-state index in [2.05, 4.69) is 103 Å². The molecule has 132 valence electrons. The van der Waals surface area contributed by atoms with E-state index < -0.39 is 0 Å². The van der Waals surface area contributed by atoms with Gasteiger partial charge in [-0.25, -0.2) is 0 Å². The van der Waals surface area contributed by atoms with Crippen molar-refractivity contribution in [2.75, 3.05) is 23.4 Å². The number of anilines is 2. The molecule has 0 bridgehead atoms. The molecule has 3 heteroatoms. The smallest absolute Gasteiger partial charge is 0.0982 e. The summed E-state index contributed by atoms with van der Waals surface area (Å²) in [5.41, 5.74) is 5.20. The van der Waals surface area contributed by atoms with Crippen LogP contribution in [0.1, 0.15) is 18.9 Å². The highest BCUT2D eigenvalue weighted by Crippen LogP contribution is 2.42. The molecule has 1 unspecified atom stereocenters. The van der Waals surface area contributed by atoms with Gasteiger partial charge in [-0.2, -0.15) is 0 Å². The quantitative estimate of drug-likeness (QED) is 0.666. The molecule has 0 aliphatic carbocycles. The third-order valence-corrected chi connectivity index (χ3v) is 6.16. The summed E-state index contributed by atoms with van der Waals surface area (Å²) in [5.74, 6) is 0. The number of fused-ring (bicyclic) bond motifs is 2. The first-order valence-electron chi connectivity index (χ1n) is 9.19. The molecule has 0 saturated carbocycles. The van der Waals surface area contributed by atoms with Crippen LogP contribution in [0, 0.1) is 0 Å². The Bertz CT molecular complexity index is 881. The zero-order valence-electron chi connectivity index (χ0n) is 15.3. The summed E-state index contributed by atoms with van der Waals surface area (Å²) in [7, 11) is 2.17. The van der Waals surface area contributed by atoms with Gasteiger partial charge in [-0.05, 0) is 36.3 Å². The lowest BCUT2D eigenvalue weighted by Crippen LogP contribution is -2.22. The lowest BCUT2D eigenvalue weighted by atomic mass is 9.99. The molecule has 0 spiro atoms.